The molecule has 2 atom stereocenters. The predicted molar refractivity (Wildman–Crippen MR) is 59.3 cm³/mol. The lowest BCUT2D eigenvalue weighted by atomic mass is 10.2. The van der Waals surface area contributed by atoms with Crippen molar-refractivity contribution >= 4 is 11.8 Å². The molecule has 0 aliphatic carbocycles. The molecule has 0 aliphatic heterocycles. The van der Waals surface area contributed by atoms with Crippen LogP contribution in [-0.2, 0) is 4.74 Å². The molecule has 0 heterocycles. The Kier molecular flexibility index (Phi) is 9.03. The Morgan fingerprint density at radius 2 is 2.00 bits per heavy atom. The van der Waals surface area contributed by atoms with Gasteiger partial charge in [0.1, 0.15) is 0 Å². The van der Waals surface area contributed by atoms with Crippen LogP contribution < -0.4 is 0 Å². The second-order valence-corrected chi connectivity index (χ2v) is 4.44. The minimum Gasteiger partial charge on any atom is -0.390 e. The summed E-state index contributed by atoms with van der Waals surface area (Å²) in [7, 11) is 0. The van der Waals surface area contributed by atoms with Gasteiger partial charge in [0.2, 0.25) is 0 Å². The highest BCUT2D eigenvalue weighted by Crippen LogP contribution is 2.12. The third-order valence-corrected chi connectivity index (χ3v) is 3.35. The number of rotatable bonds is 8. The zero-order valence-electron chi connectivity index (χ0n) is 8.95. The van der Waals surface area contributed by atoms with E-state index in [-0.39, 0.29) is 6.10 Å². The molecule has 0 bridgehead atoms. The number of hydrogen-bond donors (Lipinski definition) is 1. The fraction of sp³-hybridized carbons (Fsp3) is 1.00. The molecule has 0 aromatic rings. The average molecular weight is 206 g/mol. The molecule has 80 valence electrons. The fourth-order valence-electron chi connectivity index (χ4n) is 0.825. The molecule has 0 aromatic carbocycles. The lowest BCUT2D eigenvalue weighted by Gasteiger charge is -2.12. The molecule has 1 N–H and O–H groups in total. The Bertz CT molecular complexity index is 109. The van der Waals surface area contributed by atoms with Crippen molar-refractivity contribution in [2.45, 2.75) is 33.3 Å². The van der Waals surface area contributed by atoms with Gasteiger partial charge in [0.15, 0.2) is 0 Å². The second kappa shape index (κ2) is 8.85. The molecule has 0 rings (SSSR count). The van der Waals surface area contributed by atoms with Crippen molar-refractivity contribution in [1.82, 2.24) is 0 Å². The van der Waals surface area contributed by atoms with Crippen LogP contribution >= 0.6 is 11.8 Å². The largest absolute Gasteiger partial charge is 0.390 e. The van der Waals surface area contributed by atoms with Crippen molar-refractivity contribution in [3.63, 3.8) is 0 Å². The van der Waals surface area contributed by atoms with Crippen LogP contribution in [0.4, 0.5) is 0 Å². The van der Waals surface area contributed by atoms with Crippen molar-refractivity contribution in [3.8, 4) is 0 Å². The summed E-state index contributed by atoms with van der Waals surface area (Å²) in [6, 6.07) is 0. The van der Waals surface area contributed by atoms with Gasteiger partial charge < -0.3 is 9.84 Å². The molecule has 3 heteroatoms. The normalized spacial score (nSPS) is 15.7. The van der Waals surface area contributed by atoms with E-state index in [0.717, 1.165) is 17.4 Å². The van der Waals surface area contributed by atoms with Gasteiger partial charge in [-0.3, -0.25) is 0 Å². The maximum absolute atomic E-state index is 9.42. The van der Waals surface area contributed by atoms with E-state index < -0.39 is 0 Å². The zero-order valence-corrected chi connectivity index (χ0v) is 9.77. The number of ether oxygens (including phenoxy) is 1. The molecular weight excluding hydrogens is 184 g/mol. The minimum absolute atomic E-state index is 0.297. The van der Waals surface area contributed by atoms with Crippen LogP contribution in [0.2, 0.25) is 0 Å². The summed E-state index contributed by atoms with van der Waals surface area (Å²) in [4.78, 5) is 0. The molecule has 0 saturated carbocycles. The Morgan fingerprint density at radius 1 is 1.31 bits per heavy atom. The summed E-state index contributed by atoms with van der Waals surface area (Å²) in [5.41, 5.74) is 0. The third kappa shape index (κ3) is 8.60. The van der Waals surface area contributed by atoms with Crippen molar-refractivity contribution in [2.24, 2.45) is 5.92 Å². The smallest absolute Gasteiger partial charge is 0.0863 e. The molecule has 0 radical (unpaired) electrons. The number of aliphatic hydroxyl groups excluding tert-OH is 1. The molecule has 0 fully saturated rings. The van der Waals surface area contributed by atoms with Crippen LogP contribution in [0.5, 0.6) is 0 Å². The van der Waals surface area contributed by atoms with E-state index in [0.29, 0.717) is 13.2 Å². The van der Waals surface area contributed by atoms with Crippen LogP contribution in [0.15, 0.2) is 0 Å². The first-order valence-electron chi connectivity index (χ1n) is 5.04. The summed E-state index contributed by atoms with van der Waals surface area (Å²) in [6.07, 6.45) is 0.920. The van der Waals surface area contributed by atoms with Crippen LogP contribution in [0.3, 0.4) is 0 Å². The summed E-state index contributed by atoms with van der Waals surface area (Å²) in [6.45, 7) is 7.54. The molecule has 0 aliphatic rings. The van der Waals surface area contributed by atoms with Crippen LogP contribution in [-0.4, -0.2) is 35.9 Å². The summed E-state index contributed by atoms with van der Waals surface area (Å²) < 4.78 is 5.12. The van der Waals surface area contributed by atoms with Gasteiger partial charge in [0.05, 0.1) is 12.7 Å². The standard InChI is InChI=1S/C10H22O2S/c1-4-9(3)7-13-8-10(11)6-12-5-2/h9-11H,4-8H2,1-3H3. The van der Waals surface area contributed by atoms with Gasteiger partial charge in [-0.25, -0.2) is 0 Å². The van der Waals surface area contributed by atoms with Crippen LogP contribution in [0.1, 0.15) is 27.2 Å². The van der Waals surface area contributed by atoms with E-state index in [9.17, 15) is 5.11 Å². The second-order valence-electron chi connectivity index (χ2n) is 3.36. The summed E-state index contributed by atoms with van der Waals surface area (Å²) >= 11 is 1.81. The molecule has 13 heavy (non-hydrogen) atoms. The average Bonchev–Trinajstić information content (AvgIpc) is 2.14. The Balaban J connectivity index is 3.21. The quantitative estimate of drug-likeness (QED) is 0.660. The summed E-state index contributed by atoms with van der Waals surface area (Å²) in [5.74, 6) is 2.69. The summed E-state index contributed by atoms with van der Waals surface area (Å²) in [5, 5.41) is 9.42. The lowest BCUT2D eigenvalue weighted by Crippen LogP contribution is -2.18. The van der Waals surface area contributed by atoms with E-state index in [4.69, 9.17) is 4.74 Å². The highest BCUT2D eigenvalue weighted by Gasteiger charge is 2.05. The van der Waals surface area contributed by atoms with E-state index >= 15 is 0 Å². The van der Waals surface area contributed by atoms with E-state index in [1.165, 1.54) is 6.42 Å². The van der Waals surface area contributed by atoms with Gasteiger partial charge in [0, 0.05) is 12.4 Å². The monoisotopic (exact) mass is 206 g/mol. The first-order valence-corrected chi connectivity index (χ1v) is 6.19. The van der Waals surface area contributed by atoms with Crippen molar-refractivity contribution in [3.05, 3.63) is 0 Å². The van der Waals surface area contributed by atoms with Crippen molar-refractivity contribution < 1.29 is 9.84 Å². The highest BCUT2D eigenvalue weighted by atomic mass is 32.2. The maximum atomic E-state index is 9.42. The van der Waals surface area contributed by atoms with Gasteiger partial charge in [-0.2, -0.15) is 11.8 Å². The number of aliphatic hydroxyl groups is 1. The number of hydrogen-bond acceptors (Lipinski definition) is 3. The van der Waals surface area contributed by atoms with Gasteiger partial charge in [0.25, 0.3) is 0 Å². The molecule has 0 spiro atoms. The molecule has 0 amide bonds. The van der Waals surface area contributed by atoms with Gasteiger partial charge >= 0.3 is 0 Å². The molecule has 2 unspecified atom stereocenters. The van der Waals surface area contributed by atoms with E-state index in [1.807, 2.05) is 18.7 Å². The minimum atomic E-state index is -0.297. The molecular formula is C10H22O2S. The first-order chi connectivity index (χ1) is 6.20. The third-order valence-electron chi connectivity index (χ3n) is 1.92. The van der Waals surface area contributed by atoms with Crippen LogP contribution in [0.25, 0.3) is 0 Å². The predicted octanol–water partition coefficient (Wildman–Crippen LogP) is 2.16. The maximum Gasteiger partial charge on any atom is 0.0863 e. The molecule has 0 saturated heterocycles. The molecule has 2 nitrogen and oxygen atoms in total. The van der Waals surface area contributed by atoms with Crippen molar-refractivity contribution in [2.75, 3.05) is 24.7 Å². The zero-order chi connectivity index (χ0) is 10.1. The Morgan fingerprint density at radius 3 is 2.54 bits per heavy atom. The Labute approximate surface area is 86.1 Å². The van der Waals surface area contributed by atoms with E-state index in [2.05, 4.69) is 13.8 Å². The fourth-order valence-corrected chi connectivity index (χ4v) is 1.97. The van der Waals surface area contributed by atoms with Crippen LogP contribution in [0, 0.1) is 5.92 Å². The van der Waals surface area contributed by atoms with Gasteiger partial charge in [-0.05, 0) is 18.6 Å². The Hall–Kier alpha value is 0.270. The van der Waals surface area contributed by atoms with Gasteiger partial charge in [-0.1, -0.05) is 20.3 Å². The van der Waals surface area contributed by atoms with Gasteiger partial charge in [-0.15, -0.1) is 0 Å². The SMILES string of the molecule is CCOCC(O)CSCC(C)CC. The van der Waals surface area contributed by atoms with Crippen molar-refractivity contribution in [1.29, 1.82) is 0 Å². The first kappa shape index (κ1) is 13.3. The lowest BCUT2D eigenvalue weighted by molar-refractivity contribution is 0.0551. The topological polar surface area (TPSA) is 29.5 Å². The number of thioether (sulfide) groups is 1. The molecule has 0 aromatic heterocycles. The highest BCUT2D eigenvalue weighted by molar-refractivity contribution is 7.99. The van der Waals surface area contributed by atoms with E-state index in [1.54, 1.807) is 0 Å².